The molecular formula is C18H21ClN2O3. The monoisotopic (exact) mass is 348 g/mol. The summed E-state index contributed by atoms with van der Waals surface area (Å²) in [6.07, 6.45) is 6.39. The van der Waals surface area contributed by atoms with Crippen LogP contribution in [0, 0.1) is 0 Å². The van der Waals surface area contributed by atoms with Gasteiger partial charge >= 0.3 is 5.97 Å². The average Bonchev–Trinajstić information content (AvgIpc) is 2.60. The van der Waals surface area contributed by atoms with Crippen LogP contribution in [0.15, 0.2) is 48.6 Å². The summed E-state index contributed by atoms with van der Waals surface area (Å²) in [7, 11) is 0. The van der Waals surface area contributed by atoms with Crippen LogP contribution in [-0.2, 0) is 14.3 Å². The van der Waals surface area contributed by atoms with Crippen molar-refractivity contribution in [3.05, 3.63) is 53.6 Å². The molecule has 0 bridgehead atoms. The minimum atomic E-state index is -0.517. The van der Waals surface area contributed by atoms with Crippen molar-refractivity contribution in [2.75, 3.05) is 37.7 Å². The molecule has 0 spiro atoms. The molecule has 1 aromatic rings. The predicted molar refractivity (Wildman–Crippen MR) is 95.2 cm³/mol. The molecular weight excluding hydrogens is 328 g/mol. The number of anilines is 1. The van der Waals surface area contributed by atoms with E-state index in [1.54, 1.807) is 23.1 Å². The van der Waals surface area contributed by atoms with Crippen molar-refractivity contribution >= 4 is 29.2 Å². The van der Waals surface area contributed by atoms with E-state index >= 15 is 0 Å². The Kier molecular flexibility index (Phi) is 6.88. The van der Waals surface area contributed by atoms with Crippen molar-refractivity contribution in [1.29, 1.82) is 0 Å². The van der Waals surface area contributed by atoms with Crippen LogP contribution in [0.4, 0.5) is 5.69 Å². The number of amides is 1. The fourth-order valence-corrected chi connectivity index (χ4v) is 2.68. The first kappa shape index (κ1) is 18.1. The fourth-order valence-electron chi connectivity index (χ4n) is 2.42. The van der Waals surface area contributed by atoms with Crippen LogP contribution >= 0.6 is 11.6 Å². The van der Waals surface area contributed by atoms with Gasteiger partial charge in [-0.2, -0.15) is 0 Å². The summed E-state index contributed by atoms with van der Waals surface area (Å²) < 4.78 is 4.95. The second-order valence-electron chi connectivity index (χ2n) is 5.31. The SMILES string of the molecule is C/C=C/C=C/C(=O)OCC(=O)N1CCN(c2ccccc2Cl)CC1. The highest BCUT2D eigenvalue weighted by Gasteiger charge is 2.22. The molecule has 0 unspecified atom stereocenters. The number of halogens is 1. The fraction of sp³-hybridized carbons (Fsp3) is 0.333. The molecule has 128 valence electrons. The van der Waals surface area contributed by atoms with E-state index in [0.717, 1.165) is 5.69 Å². The number of rotatable bonds is 5. The van der Waals surface area contributed by atoms with Gasteiger partial charge in [0, 0.05) is 32.3 Å². The molecule has 1 aliphatic rings. The number of benzene rings is 1. The van der Waals surface area contributed by atoms with Gasteiger partial charge in [-0.05, 0) is 19.1 Å². The molecule has 24 heavy (non-hydrogen) atoms. The number of carbonyl (C=O) groups excluding carboxylic acids is 2. The van der Waals surface area contributed by atoms with Gasteiger partial charge < -0.3 is 14.5 Å². The van der Waals surface area contributed by atoms with Crippen LogP contribution in [-0.4, -0.2) is 49.6 Å². The molecule has 0 saturated carbocycles. The minimum absolute atomic E-state index is 0.179. The largest absolute Gasteiger partial charge is 0.452 e. The predicted octanol–water partition coefficient (Wildman–Crippen LogP) is 2.66. The smallest absolute Gasteiger partial charge is 0.331 e. The van der Waals surface area contributed by atoms with E-state index in [-0.39, 0.29) is 12.5 Å². The first-order valence-electron chi connectivity index (χ1n) is 7.85. The van der Waals surface area contributed by atoms with Crippen molar-refractivity contribution in [2.24, 2.45) is 0 Å². The van der Waals surface area contributed by atoms with Crippen LogP contribution in [0.3, 0.4) is 0 Å². The molecule has 1 fully saturated rings. The number of para-hydroxylation sites is 1. The number of esters is 1. The van der Waals surface area contributed by atoms with E-state index in [0.29, 0.717) is 31.2 Å². The van der Waals surface area contributed by atoms with E-state index < -0.39 is 5.97 Å². The number of hydrogen-bond donors (Lipinski definition) is 0. The molecule has 5 nitrogen and oxygen atoms in total. The zero-order valence-electron chi connectivity index (χ0n) is 13.7. The topological polar surface area (TPSA) is 49.9 Å². The summed E-state index contributed by atoms with van der Waals surface area (Å²) in [4.78, 5) is 27.4. The normalized spacial score (nSPS) is 15.2. The Morgan fingerprint density at radius 1 is 1.17 bits per heavy atom. The van der Waals surface area contributed by atoms with Gasteiger partial charge in [-0.25, -0.2) is 4.79 Å². The summed E-state index contributed by atoms with van der Waals surface area (Å²) in [6.45, 7) is 4.17. The molecule has 0 atom stereocenters. The molecule has 0 N–H and O–H groups in total. The molecule has 1 aliphatic heterocycles. The van der Waals surface area contributed by atoms with E-state index in [1.165, 1.54) is 6.08 Å². The van der Waals surface area contributed by atoms with Crippen molar-refractivity contribution in [3.8, 4) is 0 Å². The maximum atomic E-state index is 12.1. The van der Waals surface area contributed by atoms with Crippen molar-refractivity contribution in [2.45, 2.75) is 6.92 Å². The number of piperazine rings is 1. The Balaban J connectivity index is 1.78. The van der Waals surface area contributed by atoms with E-state index in [2.05, 4.69) is 4.90 Å². The lowest BCUT2D eigenvalue weighted by Gasteiger charge is -2.36. The number of allylic oxidation sites excluding steroid dienone is 3. The Hall–Kier alpha value is -2.27. The lowest BCUT2D eigenvalue weighted by atomic mass is 10.2. The third-order valence-electron chi connectivity index (χ3n) is 3.70. The van der Waals surface area contributed by atoms with Crippen LogP contribution in [0.2, 0.25) is 5.02 Å². The summed E-state index contributed by atoms with van der Waals surface area (Å²) in [6, 6.07) is 7.66. The minimum Gasteiger partial charge on any atom is -0.452 e. The highest BCUT2D eigenvalue weighted by molar-refractivity contribution is 6.33. The molecule has 6 heteroatoms. The highest BCUT2D eigenvalue weighted by Crippen LogP contribution is 2.25. The van der Waals surface area contributed by atoms with Crippen LogP contribution in [0.5, 0.6) is 0 Å². The Bertz CT molecular complexity index is 635. The summed E-state index contributed by atoms with van der Waals surface area (Å²) in [5, 5.41) is 0.708. The van der Waals surface area contributed by atoms with Gasteiger partial charge in [0.25, 0.3) is 5.91 Å². The molecule has 0 radical (unpaired) electrons. The zero-order valence-corrected chi connectivity index (χ0v) is 14.4. The van der Waals surface area contributed by atoms with Gasteiger partial charge in [-0.1, -0.05) is 42.0 Å². The van der Waals surface area contributed by atoms with Gasteiger partial charge in [0.1, 0.15) is 0 Å². The number of carbonyl (C=O) groups is 2. The molecule has 0 aliphatic carbocycles. The van der Waals surface area contributed by atoms with Crippen LogP contribution in [0.25, 0.3) is 0 Å². The lowest BCUT2D eigenvalue weighted by Crippen LogP contribution is -2.50. The van der Waals surface area contributed by atoms with E-state index in [1.807, 2.05) is 31.2 Å². The Morgan fingerprint density at radius 3 is 2.54 bits per heavy atom. The molecule has 2 rings (SSSR count). The third-order valence-corrected chi connectivity index (χ3v) is 4.02. The number of hydrogen-bond acceptors (Lipinski definition) is 4. The maximum Gasteiger partial charge on any atom is 0.331 e. The van der Waals surface area contributed by atoms with E-state index in [9.17, 15) is 9.59 Å². The standard InChI is InChI=1S/C18H21ClN2O3/c1-2-3-4-9-18(23)24-14-17(22)21-12-10-20(11-13-21)16-8-6-5-7-15(16)19/h2-9H,10-14H2,1H3/b3-2+,9-4+. The molecule has 0 aromatic heterocycles. The quantitative estimate of drug-likeness (QED) is 0.466. The third kappa shape index (κ3) is 5.13. The second kappa shape index (κ2) is 9.13. The number of ether oxygens (including phenoxy) is 1. The highest BCUT2D eigenvalue weighted by atomic mass is 35.5. The van der Waals surface area contributed by atoms with Gasteiger partial charge in [0.2, 0.25) is 0 Å². The van der Waals surface area contributed by atoms with Gasteiger partial charge in [0.15, 0.2) is 6.61 Å². The molecule has 1 amide bonds. The summed E-state index contributed by atoms with van der Waals surface area (Å²) in [5.41, 5.74) is 0.979. The molecule has 1 aromatic carbocycles. The first-order chi connectivity index (χ1) is 11.6. The van der Waals surface area contributed by atoms with Crippen molar-refractivity contribution < 1.29 is 14.3 Å². The van der Waals surface area contributed by atoms with Gasteiger partial charge in [-0.15, -0.1) is 0 Å². The van der Waals surface area contributed by atoms with Crippen molar-refractivity contribution in [1.82, 2.24) is 4.90 Å². The first-order valence-corrected chi connectivity index (χ1v) is 8.23. The zero-order chi connectivity index (χ0) is 17.4. The Morgan fingerprint density at radius 2 is 1.88 bits per heavy atom. The van der Waals surface area contributed by atoms with Crippen LogP contribution in [0.1, 0.15) is 6.92 Å². The van der Waals surface area contributed by atoms with Gasteiger partial charge in [-0.3, -0.25) is 4.79 Å². The maximum absolute atomic E-state index is 12.1. The van der Waals surface area contributed by atoms with Gasteiger partial charge in [0.05, 0.1) is 10.7 Å². The second-order valence-corrected chi connectivity index (χ2v) is 5.72. The molecule has 1 saturated heterocycles. The molecule has 1 heterocycles. The van der Waals surface area contributed by atoms with E-state index in [4.69, 9.17) is 16.3 Å². The number of nitrogens with zero attached hydrogens (tertiary/aromatic N) is 2. The summed E-state index contributed by atoms with van der Waals surface area (Å²) >= 11 is 6.20. The Labute approximate surface area is 147 Å². The summed E-state index contributed by atoms with van der Waals surface area (Å²) in [5.74, 6) is -0.697. The van der Waals surface area contributed by atoms with Crippen molar-refractivity contribution in [3.63, 3.8) is 0 Å². The average molecular weight is 349 g/mol. The van der Waals surface area contributed by atoms with Crippen LogP contribution < -0.4 is 4.90 Å². The lowest BCUT2D eigenvalue weighted by molar-refractivity contribution is -0.148.